The van der Waals surface area contributed by atoms with Crippen molar-refractivity contribution in [1.29, 1.82) is 0 Å². The van der Waals surface area contributed by atoms with Crippen LogP contribution in [0.25, 0.3) is 11.4 Å². The van der Waals surface area contributed by atoms with E-state index >= 15 is 0 Å². The average molecular weight is 473 g/mol. The first-order valence-electron chi connectivity index (χ1n) is 11.4. The zero-order chi connectivity index (χ0) is 24.1. The van der Waals surface area contributed by atoms with E-state index in [0.29, 0.717) is 11.4 Å². The van der Waals surface area contributed by atoms with Crippen LogP contribution in [0.15, 0.2) is 65.6 Å². The number of aromatic amines is 1. The van der Waals surface area contributed by atoms with Crippen molar-refractivity contribution < 1.29 is 9.90 Å². The molecule has 0 fully saturated rings. The molecular formula is C27H28N4O2S. The highest BCUT2D eigenvalue weighted by molar-refractivity contribution is 7.98. The molecule has 6 nitrogen and oxygen atoms in total. The van der Waals surface area contributed by atoms with E-state index in [0.717, 1.165) is 34.6 Å². The zero-order valence-electron chi connectivity index (χ0n) is 19.6. The summed E-state index contributed by atoms with van der Waals surface area (Å²) in [6.45, 7) is 5.75. The number of H-pyrrole nitrogens is 1. The number of benzene rings is 3. The van der Waals surface area contributed by atoms with Crippen molar-refractivity contribution in [3.05, 3.63) is 88.5 Å². The molecule has 2 N–H and O–H groups in total. The van der Waals surface area contributed by atoms with Gasteiger partial charge in [0.25, 0.3) is 0 Å². The summed E-state index contributed by atoms with van der Waals surface area (Å²) in [4.78, 5) is 12.8. The Labute approximate surface area is 203 Å². The van der Waals surface area contributed by atoms with Crippen molar-refractivity contribution in [3.8, 4) is 17.1 Å². The standard InChI is InChI=1S/C27H28N4O2S/c1-4-6-24-25(14-13-23(18(3)32)26(24)33)34-16-19-9-11-20(12-10-19)17(2)21-7-5-8-22(15-21)27-28-30-31-29-27/h5,7-15,17,33H,4,6,16H2,1-3H3,(H,28,29,30,31)/t17-/m1/s1. The molecule has 34 heavy (non-hydrogen) atoms. The largest absolute Gasteiger partial charge is 0.507 e. The van der Waals surface area contributed by atoms with Crippen LogP contribution >= 0.6 is 11.8 Å². The van der Waals surface area contributed by atoms with Gasteiger partial charge in [0.2, 0.25) is 5.82 Å². The number of ketones is 1. The average Bonchev–Trinajstić information content (AvgIpc) is 3.39. The second kappa shape index (κ2) is 10.7. The van der Waals surface area contributed by atoms with Gasteiger partial charge in [0.1, 0.15) is 5.75 Å². The van der Waals surface area contributed by atoms with E-state index in [1.54, 1.807) is 17.8 Å². The summed E-state index contributed by atoms with van der Waals surface area (Å²) in [7, 11) is 0. The molecule has 0 saturated carbocycles. The lowest BCUT2D eigenvalue weighted by molar-refractivity contribution is 0.101. The van der Waals surface area contributed by atoms with E-state index < -0.39 is 0 Å². The number of aromatic nitrogens is 4. The normalized spacial score (nSPS) is 12.0. The molecule has 4 aromatic rings. The van der Waals surface area contributed by atoms with Crippen LogP contribution in [0, 0.1) is 0 Å². The van der Waals surface area contributed by atoms with Crippen LogP contribution in [0.3, 0.4) is 0 Å². The predicted molar refractivity (Wildman–Crippen MR) is 135 cm³/mol. The number of hydrogen-bond donors (Lipinski definition) is 2. The Morgan fingerprint density at radius 2 is 1.88 bits per heavy atom. The van der Waals surface area contributed by atoms with Crippen LogP contribution in [0.2, 0.25) is 0 Å². The van der Waals surface area contributed by atoms with Gasteiger partial charge in [-0.05, 0) is 53.4 Å². The van der Waals surface area contributed by atoms with Crippen LogP contribution in [0.1, 0.15) is 65.7 Å². The van der Waals surface area contributed by atoms with Gasteiger partial charge in [-0.3, -0.25) is 4.79 Å². The molecule has 0 spiro atoms. The third-order valence-corrected chi connectivity index (χ3v) is 7.15. The number of aromatic hydroxyl groups is 1. The highest BCUT2D eigenvalue weighted by atomic mass is 32.2. The molecule has 0 aliphatic rings. The van der Waals surface area contributed by atoms with Crippen molar-refractivity contribution in [3.63, 3.8) is 0 Å². The third kappa shape index (κ3) is 5.20. The van der Waals surface area contributed by atoms with E-state index in [1.165, 1.54) is 23.6 Å². The quantitative estimate of drug-likeness (QED) is 0.223. The van der Waals surface area contributed by atoms with Crippen molar-refractivity contribution >= 4 is 17.5 Å². The highest BCUT2D eigenvalue weighted by Crippen LogP contribution is 2.36. The highest BCUT2D eigenvalue weighted by Gasteiger charge is 2.16. The van der Waals surface area contributed by atoms with E-state index in [9.17, 15) is 9.90 Å². The summed E-state index contributed by atoms with van der Waals surface area (Å²) >= 11 is 1.69. The van der Waals surface area contributed by atoms with E-state index in [4.69, 9.17) is 0 Å². The minimum atomic E-state index is -0.112. The van der Waals surface area contributed by atoms with Crippen molar-refractivity contribution in [2.75, 3.05) is 0 Å². The molecule has 1 atom stereocenters. The fraction of sp³-hybridized carbons (Fsp3) is 0.259. The first-order chi connectivity index (χ1) is 16.5. The van der Waals surface area contributed by atoms with Gasteiger partial charge in [-0.15, -0.1) is 22.0 Å². The third-order valence-electron chi connectivity index (χ3n) is 5.98. The van der Waals surface area contributed by atoms with Gasteiger partial charge in [0.15, 0.2) is 5.78 Å². The van der Waals surface area contributed by atoms with Crippen molar-refractivity contribution in [2.24, 2.45) is 0 Å². The lowest BCUT2D eigenvalue weighted by Gasteiger charge is -2.15. The van der Waals surface area contributed by atoms with Crippen molar-refractivity contribution in [1.82, 2.24) is 20.6 Å². The molecule has 4 rings (SSSR count). The minimum absolute atomic E-state index is 0.112. The molecule has 7 heteroatoms. The maximum absolute atomic E-state index is 11.8. The first-order valence-corrected chi connectivity index (χ1v) is 12.4. The summed E-state index contributed by atoms with van der Waals surface area (Å²) in [5, 5.41) is 24.9. The van der Waals surface area contributed by atoms with Gasteiger partial charge >= 0.3 is 0 Å². The summed E-state index contributed by atoms with van der Waals surface area (Å²) in [6, 6.07) is 20.6. The number of Topliss-reactive ketones (excluding diaryl/α,β-unsaturated/α-hetero) is 1. The number of phenolic OH excluding ortho intramolecular Hbond substituents is 1. The Balaban J connectivity index is 1.47. The maximum atomic E-state index is 11.8. The minimum Gasteiger partial charge on any atom is -0.507 e. The smallest absolute Gasteiger partial charge is 0.204 e. The number of nitrogens with one attached hydrogen (secondary N) is 1. The zero-order valence-corrected chi connectivity index (χ0v) is 20.4. The lowest BCUT2D eigenvalue weighted by Crippen LogP contribution is -1.99. The Hall–Kier alpha value is -3.45. The van der Waals surface area contributed by atoms with Crippen molar-refractivity contribution in [2.45, 2.75) is 50.2 Å². The van der Waals surface area contributed by atoms with Gasteiger partial charge in [0, 0.05) is 27.7 Å². The second-order valence-electron chi connectivity index (χ2n) is 8.36. The number of tetrazole rings is 1. The Bertz CT molecular complexity index is 1270. The Morgan fingerprint density at radius 3 is 2.56 bits per heavy atom. The summed E-state index contributed by atoms with van der Waals surface area (Å²) in [5.41, 5.74) is 5.83. The van der Waals surface area contributed by atoms with Crippen LogP contribution in [0.5, 0.6) is 5.75 Å². The van der Waals surface area contributed by atoms with Gasteiger partial charge in [-0.2, -0.15) is 5.21 Å². The number of phenols is 1. The monoisotopic (exact) mass is 472 g/mol. The Morgan fingerprint density at radius 1 is 1.09 bits per heavy atom. The number of rotatable bonds is 9. The second-order valence-corrected chi connectivity index (χ2v) is 9.37. The molecule has 0 aliphatic heterocycles. The molecule has 0 radical (unpaired) electrons. The van der Waals surface area contributed by atoms with Crippen LogP contribution in [0.4, 0.5) is 0 Å². The first kappa shape index (κ1) is 23.7. The van der Waals surface area contributed by atoms with E-state index in [-0.39, 0.29) is 17.5 Å². The van der Waals surface area contributed by atoms with Crippen LogP contribution in [-0.2, 0) is 12.2 Å². The number of hydrogen-bond acceptors (Lipinski definition) is 6. The summed E-state index contributed by atoms with van der Waals surface area (Å²) < 4.78 is 0. The molecule has 0 saturated heterocycles. The maximum Gasteiger partial charge on any atom is 0.204 e. The number of thioether (sulfide) groups is 1. The van der Waals surface area contributed by atoms with Crippen LogP contribution in [-0.4, -0.2) is 31.5 Å². The van der Waals surface area contributed by atoms with Gasteiger partial charge in [0.05, 0.1) is 5.56 Å². The summed E-state index contributed by atoms with van der Waals surface area (Å²) in [6.07, 6.45) is 1.65. The SMILES string of the molecule is CCCc1c(SCc2ccc([C@@H](C)c3cccc(-c4nn[nH]n4)c3)cc2)ccc(C(C)=O)c1O. The number of carbonyl (C=O) groups excluding carboxylic acids is 1. The van der Waals surface area contributed by atoms with E-state index in [2.05, 4.69) is 70.9 Å². The van der Waals surface area contributed by atoms with Gasteiger partial charge in [-0.25, -0.2) is 0 Å². The fourth-order valence-corrected chi connectivity index (χ4v) is 5.07. The molecular weight excluding hydrogens is 444 g/mol. The van der Waals surface area contributed by atoms with Crippen LogP contribution < -0.4 is 0 Å². The van der Waals surface area contributed by atoms with Gasteiger partial charge in [-0.1, -0.05) is 62.7 Å². The Kier molecular flexibility index (Phi) is 7.43. The predicted octanol–water partition coefficient (Wildman–Crippen LogP) is 6.17. The molecule has 0 amide bonds. The molecule has 1 aromatic heterocycles. The molecule has 0 bridgehead atoms. The molecule has 3 aromatic carbocycles. The summed E-state index contributed by atoms with van der Waals surface area (Å²) in [5.74, 6) is 1.62. The van der Waals surface area contributed by atoms with E-state index in [1.807, 2.05) is 18.2 Å². The molecule has 174 valence electrons. The topological polar surface area (TPSA) is 91.8 Å². The molecule has 1 heterocycles. The number of nitrogens with zero attached hydrogens (tertiary/aromatic N) is 3. The lowest BCUT2D eigenvalue weighted by atomic mass is 9.91. The fourth-order valence-electron chi connectivity index (χ4n) is 4.02. The number of carbonyl (C=O) groups is 1. The molecule has 0 unspecified atom stereocenters. The molecule has 0 aliphatic carbocycles. The van der Waals surface area contributed by atoms with Gasteiger partial charge < -0.3 is 5.11 Å².